The van der Waals surface area contributed by atoms with Crippen molar-refractivity contribution in [1.29, 1.82) is 0 Å². The van der Waals surface area contributed by atoms with Crippen molar-refractivity contribution < 1.29 is 24.4 Å². The van der Waals surface area contributed by atoms with E-state index in [0.717, 1.165) is 0 Å². The van der Waals surface area contributed by atoms with Gasteiger partial charge in [-0.05, 0) is 37.5 Å². The monoisotopic (exact) mass is 312 g/mol. The van der Waals surface area contributed by atoms with Crippen molar-refractivity contribution in [2.75, 3.05) is 20.8 Å². The fourth-order valence-corrected chi connectivity index (χ4v) is 2.35. The Labute approximate surface area is 132 Å². The molecule has 0 amide bonds. The first kappa shape index (κ1) is 18.6. The van der Waals surface area contributed by atoms with Gasteiger partial charge in [0.15, 0.2) is 11.5 Å². The van der Waals surface area contributed by atoms with Crippen LogP contribution in [0.1, 0.15) is 39.4 Å². The average Bonchev–Trinajstić information content (AvgIpc) is 2.46. The van der Waals surface area contributed by atoms with Gasteiger partial charge in [-0.2, -0.15) is 0 Å². The van der Waals surface area contributed by atoms with Gasteiger partial charge in [-0.15, -0.1) is 0 Å². The molecule has 0 bridgehead atoms. The van der Waals surface area contributed by atoms with Crippen LogP contribution in [0.4, 0.5) is 0 Å². The Balaban J connectivity index is 3.28. The van der Waals surface area contributed by atoms with Crippen molar-refractivity contribution in [2.45, 2.75) is 39.9 Å². The Morgan fingerprint density at radius 3 is 1.82 bits per heavy atom. The molecule has 1 rings (SSSR count). The SMILES string of the molecule is COc1cc(C(O)C(CO)C(C)C)cc(OC)c1OC(C)C. The van der Waals surface area contributed by atoms with E-state index in [2.05, 4.69) is 0 Å². The molecule has 126 valence electrons. The molecular weight excluding hydrogens is 284 g/mol. The smallest absolute Gasteiger partial charge is 0.203 e. The summed E-state index contributed by atoms with van der Waals surface area (Å²) in [5.41, 5.74) is 0.637. The first-order valence-electron chi connectivity index (χ1n) is 7.57. The zero-order valence-corrected chi connectivity index (χ0v) is 14.3. The van der Waals surface area contributed by atoms with Crippen LogP contribution in [0.15, 0.2) is 12.1 Å². The predicted octanol–water partition coefficient (Wildman–Crippen LogP) is 2.79. The molecule has 0 saturated carbocycles. The second-order valence-electron chi connectivity index (χ2n) is 5.96. The fraction of sp³-hybridized carbons (Fsp3) is 0.647. The molecule has 1 aromatic carbocycles. The standard InChI is InChI=1S/C17H28O5/c1-10(2)13(9-18)16(19)12-7-14(20-5)17(22-11(3)4)15(8-12)21-6/h7-8,10-11,13,16,18-19H,9H2,1-6H3. The molecule has 5 nitrogen and oxygen atoms in total. The summed E-state index contributed by atoms with van der Waals surface area (Å²) in [5, 5.41) is 20.1. The highest BCUT2D eigenvalue weighted by Gasteiger charge is 2.26. The highest BCUT2D eigenvalue weighted by Crippen LogP contribution is 2.42. The molecule has 0 radical (unpaired) electrons. The average molecular weight is 312 g/mol. The number of aliphatic hydroxyl groups is 2. The molecule has 0 heterocycles. The normalized spacial score (nSPS) is 14.1. The third-order valence-electron chi connectivity index (χ3n) is 3.65. The molecular formula is C17H28O5. The predicted molar refractivity (Wildman–Crippen MR) is 85.7 cm³/mol. The van der Waals surface area contributed by atoms with E-state index in [1.54, 1.807) is 26.4 Å². The molecule has 0 aliphatic heterocycles. The summed E-state index contributed by atoms with van der Waals surface area (Å²) >= 11 is 0. The zero-order chi connectivity index (χ0) is 16.9. The van der Waals surface area contributed by atoms with E-state index >= 15 is 0 Å². The van der Waals surface area contributed by atoms with E-state index in [9.17, 15) is 10.2 Å². The van der Waals surface area contributed by atoms with Crippen LogP contribution in [0.2, 0.25) is 0 Å². The summed E-state index contributed by atoms with van der Waals surface area (Å²) in [6.45, 7) is 7.68. The van der Waals surface area contributed by atoms with Crippen LogP contribution in [0, 0.1) is 11.8 Å². The number of hydrogen-bond acceptors (Lipinski definition) is 5. The van der Waals surface area contributed by atoms with Gasteiger partial charge in [0.25, 0.3) is 0 Å². The number of rotatable bonds is 8. The lowest BCUT2D eigenvalue weighted by molar-refractivity contribution is 0.0403. The number of methoxy groups -OCH3 is 2. The number of ether oxygens (including phenoxy) is 3. The maximum absolute atomic E-state index is 10.6. The second kappa shape index (κ2) is 8.25. The molecule has 1 aromatic rings. The number of aliphatic hydroxyl groups excluding tert-OH is 2. The van der Waals surface area contributed by atoms with Gasteiger partial charge in [-0.3, -0.25) is 0 Å². The van der Waals surface area contributed by atoms with Crippen LogP contribution >= 0.6 is 0 Å². The maximum atomic E-state index is 10.6. The van der Waals surface area contributed by atoms with Gasteiger partial charge < -0.3 is 24.4 Å². The molecule has 2 atom stereocenters. The maximum Gasteiger partial charge on any atom is 0.203 e. The molecule has 5 heteroatoms. The molecule has 22 heavy (non-hydrogen) atoms. The molecule has 2 N–H and O–H groups in total. The first-order chi connectivity index (χ1) is 10.3. The molecule has 0 saturated heterocycles. The third-order valence-corrected chi connectivity index (χ3v) is 3.65. The summed E-state index contributed by atoms with van der Waals surface area (Å²) in [6.07, 6.45) is -0.833. The lowest BCUT2D eigenvalue weighted by atomic mass is 9.87. The highest BCUT2D eigenvalue weighted by molar-refractivity contribution is 5.54. The van der Waals surface area contributed by atoms with Crippen molar-refractivity contribution in [1.82, 2.24) is 0 Å². The molecule has 0 spiro atoms. The van der Waals surface area contributed by atoms with Crippen molar-refractivity contribution >= 4 is 0 Å². The largest absolute Gasteiger partial charge is 0.493 e. The van der Waals surface area contributed by atoms with Crippen LogP contribution in [-0.4, -0.2) is 37.1 Å². The Kier molecular flexibility index (Phi) is 6.97. The minimum atomic E-state index is -0.805. The molecule has 0 aliphatic carbocycles. The summed E-state index contributed by atoms with van der Waals surface area (Å²) < 4.78 is 16.5. The fourth-order valence-electron chi connectivity index (χ4n) is 2.35. The number of hydrogen-bond donors (Lipinski definition) is 2. The van der Waals surface area contributed by atoms with Crippen LogP contribution < -0.4 is 14.2 Å². The highest BCUT2D eigenvalue weighted by atomic mass is 16.5. The van der Waals surface area contributed by atoms with E-state index < -0.39 is 6.10 Å². The van der Waals surface area contributed by atoms with E-state index in [-0.39, 0.29) is 24.5 Å². The third kappa shape index (κ3) is 4.27. The van der Waals surface area contributed by atoms with Crippen LogP contribution in [0.3, 0.4) is 0 Å². The van der Waals surface area contributed by atoms with E-state index in [4.69, 9.17) is 14.2 Å². The Bertz CT molecular complexity index is 445. The van der Waals surface area contributed by atoms with Crippen LogP contribution in [0.25, 0.3) is 0 Å². The summed E-state index contributed by atoms with van der Waals surface area (Å²) in [6, 6.07) is 3.46. The van der Waals surface area contributed by atoms with Crippen molar-refractivity contribution in [3.63, 3.8) is 0 Å². The van der Waals surface area contributed by atoms with Crippen molar-refractivity contribution in [3.8, 4) is 17.2 Å². The quantitative estimate of drug-likeness (QED) is 0.772. The summed E-state index contributed by atoms with van der Waals surface area (Å²) in [7, 11) is 3.09. The Morgan fingerprint density at radius 2 is 1.50 bits per heavy atom. The topological polar surface area (TPSA) is 68.2 Å². The van der Waals surface area contributed by atoms with Crippen LogP contribution in [0.5, 0.6) is 17.2 Å². The molecule has 0 fully saturated rings. The zero-order valence-electron chi connectivity index (χ0n) is 14.3. The number of benzene rings is 1. The van der Waals surface area contributed by atoms with Gasteiger partial charge in [-0.25, -0.2) is 0 Å². The van der Waals surface area contributed by atoms with Crippen molar-refractivity contribution in [2.24, 2.45) is 11.8 Å². The second-order valence-corrected chi connectivity index (χ2v) is 5.96. The minimum Gasteiger partial charge on any atom is -0.493 e. The van der Waals surface area contributed by atoms with Crippen molar-refractivity contribution in [3.05, 3.63) is 17.7 Å². The minimum absolute atomic E-state index is 0.0283. The van der Waals surface area contributed by atoms with E-state index in [1.807, 2.05) is 27.7 Å². The van der Waals surface area contributed by atoms with Crippen LogP contribution in [-0.2, 0) is 0 Å². The van der Waals surface area contributed by atoms with Gasteiger partial charge in [0.1, 0.15) is 0 Å². The molecule has 0 aromatic heterocycles. The lowest BCUT2D eigenvalue weighted by Gasteiger charge is -2.26. The summed E-state index contributed by atoms with van der Waals surface area (Å²) in [5.74, 6) is 1.40. The van der Waals surface area contributed by atoms with Gasteiger partial charge >= 0.3 is 0 Å². The molecule has 0 aliphatic rings. The Morgan fingerprint density at radius 1 is 1.00 bits per heavy atom. The molecule has 2 unspecified atom stereocenters. The van der Waals surface area contributed by atoms with E-state index in [1.165, 1.54) is 0 Å². The first-order valence-corrected chi connectivity index (χ1v) is 7.57. The van der Waals surface area contributed by atoms with E-state index in [0.29, 0.717) is 22.8 Å². The Hall–Kier alpha value is -1.46. The van der Waals surface area contributed by atoms with Gasteiger partial charge in [0.2, 0.25) is 5.75 Å². The summed E-state index contributed by atoms with van der Waals surface area (Å²) in [4.78, 5) is 0. The lowest BCUT2D eigenvalue weighted by Crippen LogP contribution is -2.22. The van der Waals surface area contributed by atoms with Gasteiger partial charge in [0.05, 0.1) is 26.4 Å². The van der Waals surface area contributed by atoms with Gasteiger partial charge in [0, 0.05) is 12.5 Å². The van der Waals surface area contributed by atoms with Gasteiger partial charge in [-0.1, -0.05) is 13.8 Å².